The number of amides is 1. The van der Waals surface area contributed by atoms with Crippen molar-refractivity contribution in [1.29, 1.82) is 5.26 Å². The van der Waals surface area contributed by atoms with Gasteiger partial charge in [-0.3, -0.25) is 9.59 Å². The van der Waals surface area contributed by atoms with Crippen molar-refractivity contribution in [1.82, 2.24) is 14.7 Å². The van der Waals surface area contributed by atoms with Gasteiger partial charge in [0.2, 0.25) is 0 Å². The molecule has 2 heterocycles. The Morgan fingerprint density at radius 1 is 1.32 bits per heavy atom. The molecule has 0 spiro atoms. The van der Waals surface area contributed by atoms with Crippen LogP contribution in [0.4, 0.5) is 0 Å². The summed E-state index contributed by atoms with van der Waals surface area (Å²) >= 11 is 0. The number of aryl methyl sites for hydroxylation is 1. The summed E-state index contributed by atoms with van der Waals surface area (Å²) in [7, 11) is 0. The Balaban J connectivity index is 1.74. The third-order valence-corrected chi connectivity index (χ3v) is 4.77. The third-order valence-electron chi connectivity index (χ3n) is 4.77. The molecule has 25 heavy (non-hydrogen) atoms. The van der Waals surface area contributed by atoms with Crippen LogP contribution in [-0.4, -0.2) is 33.7 Å². The second kappa shape index (κ2) is 6.89. The SMILES string of the molecule is Cc1nn(CC2CCN(C(=O)c3ccccc3)C2)c(=O)c(C#N)c1C. The summed E-state index contributed by atoms with van der Waals surface area (Å²) in [4.78, 5) is 26.7. The van der Waals surface area contributed by atoms with Gasteiger partial charge in [-0.05, 0) is 43.9 Å². The highest BCUT2D eigenvalue weighted by atomic mass is 16.2. The molecule has 128 valence electrons. The van der Waals surface area contributed by atoms with Crippen molar-refractivity contribution in [2.24, 2.45) is 5.92 Å². The van der Waals surface area contributed by atoms with E-state index in [2.05, 4.69) is 5.10 Å². The molecule has 1 aliphatic rings. The van der Waals surface area contributed by atoms with Crippen LogP contribution in [0.3, 0.4) is 0 Å². The Morgan fingerprint density at radius 2 is 2.04 bits per heavy atom. The minimum absolute atomic E-state index is 0.0150. The van der Waals surface area contributed by atoms with Gasteiger partial charge >= 0.3 is 0 Å². The zero-order valence-electron chi connectivity index (χ0n) is 14.4. The fourth-order valence-electron chi connectivity index (χ4n) is 3.20. The average molecular weight is 336 g/mol. The Kier molecular flexibility index (Phi) is 4.66. The molecule has 3 rings (SSSR count). The van der Waals surface area contributed by atoms with E-state index in [9.17, 15) is 14.9 Å². The molecular formula is C19H20N4O2. The van der Waals surface area contributed by atoms with Gasteiger partial charge in [-0.25, -0.2) is 4.68 Å². The van der Waals surface area contributed by atoms with E-state index in [1.54, 1.807) is 13.8 Å². The number of carbonyl (C=O) groups excluding carboxylic acids is 1. The van der Waals surface area contributed by atoms with Crippen LogP contribution in [-0.2, 0) is 6.54 Å². The first-order chi connectivity index (χ1) is 12.0. The molecule has 0 radical (unpaired) electrons. The van der Waals surface area contributed by atoms with Crippen LogP contribution in [0.2, 0.25) is 0 Å². The first-order valence-corrected chi connectivity index (χ1v) is 8.34. The minimum atomic E-state index is -0.349. The van der Waals surface area contributed by atoms with Gasteiger partial charge in [-0.2, -0.15) is 10.4 Å². The quantitative estimate of drug-likeness (QED) is 0.857. The van der Waals surface area contributed by atoms with E-state index in [1.807, 2.05) is 41.3 Å². The smallest absolute Gasteiger partial charge is 0.284 e. The van der Waals surface area contributed by atoms with Gasteiger partial charge in [0.1, 0.15) is 11.6 Å². The summed E-state index contributed by atoms with van der Waals surface area (Å²) in [5, 5.41) is 13.5. The highest BCUT2D eigenvalue weighted by molar-refractivity contribution is 5.94. The number of benzene rings is 1. The summed E-state index contributed by atoms with van der Waals surface area (Å²) < 4.78 is 1.38. The summed E-state index contributed by atoms with van der Waals surface area (Å²) in [6.45, 7) is 5.22. The van der Waals surface area contributed by atoms with E-state index < -0.39 is 0 Å². The molecule has 1 atom stereocenters. The van der Waals surface area contributed by atoms with E-state index in [0.29, 0.717) is 36.5 Å². The fourth-order valence-corrected chi connectivity index (χ4v) is 3.20. The summed E-state index contributed by atoms with van der Waals surface area (Å²) in [6.07, 6.45) is 0.821. The number of hydrogen-bond donors (Lipinski definition) is 0. The first kappa shape index (κ1) is 16.9. The van der Waals surface area contributed by atoms with Crippen molar-refractivity contribution < 1.29 is 4.79 Å². The second-order valence-electron chi connectivity index (χ2n) is 6.46. The van der Waals surface area contributed by atoms with Crippen LogP contribution in [0.1, 0.15) is 33.6 Å². The number of aromatic nitrogens is 2. The van der Waals surface area contributed by atoms with Crippen LogP contribution >= 0.6 is 0 Å². The number of carbonyl (C=O) groups is 1. The molecule has 1 aliphatic heterocycles. The summed E-state index contributed by atoms with van der Waals surface area (Å²) in [5.74, 6) is 0.174. The van der Waals surface area contributed by atoms with Gasteiger partial charge in [0.05, 0.1) is 5.69 Å². The van der Waals surface area contributed by atoms with Crippen LogP contribution < -0.4 is 5.56 Å². The Hall–Kier alpha value is -2.94. The van der Waals surface area contributed by atoms with Crippen molar-refractivity contribution in [2.75, 3.05) is 13.1 Å². The third kappa shape index (κ3) is 3.31. The molecule has 1 amide bonds. The normalized spacial score (nSPS) is 16.7. The molecule has 1 aromatic heterocycles. The zero-order valence-corrected chi connectivity index (χ0v) is 14.4. The fraction of sp³-hybridized carbons (Fsp3) is 0.368. The maximum absolute atomic E-state index is 12.5. The molecule has 1 saturated heterocycles. The number of nitriles is 1. The molecule has 6 heteroatoms. The van der Waals surface area contributed by atoms with Crippen LogP contribution in [0, 0.1) is 31.1 Å². The molecule has 2 aromatic rings. The maximum Gasteiger partial charge on any atom is 0.284 e. The first-order valence-electron chi connectivity index (χ1n) is 8.34. The standard InChI is InChI=1S/C19H20N4O2/c1-13-14(2)21-23(19(25)17(13)10-20)12-15-8-9-22(11-15)18(24)16-6-4-3-5-7-16/h3-7,15H,8-9,11-12H2,1-2H3. The number of nitrogens with zero attached hydrogens (tertiary/aromatic N) is 4. The Morgan fingerprint density at radius 3 is 2.72 bits per heavy atom. The van der Waals surface area contributed by atoms with Crippen molar-refractivity contribution in [3.8, 4) is 6.07 Å². The van der Waals surface area contributed by atoms with Gasteiger partial charge in [0, 0.05) is 25.2 Å². The van der Waals surface area contributed by atoms with Crippen molar-refractivity contribution in [3.63, 3.8) is 0 Å². The highest BCUT2D eigenvalue weighted by Gasteiger charge is 2.28. The molecule has 1 unspecified atom stereocenters. The predicted octanol–water partition coefficient (Wildman–Crippen LogP) is 1.89. The van der Waals surface area contributed by atoms with E-state index in [1.165, 1.54) is 4.68 Å². The monoisotopic (exact) mass is 336 g/mol. The van der Waals surface area contributed by atoms with E-state index in [0.717, 1.165) is 6.42 Å². The molecule has 6 nitrogen and oxygen atoms in total. The molecular weight excluding hydrogens is 316 g/mol. The molecule has 1 fully saturated rings. The van der Waals surface area contributed by atoms with Crippen LogP contribution in [0.25, 0.3) is 0 Å². The maximum atomic E-state index is 12.5. The molecule has 0 aliphatic carbocycles. The van der Waals surface area contributed by atoms with Gasteiger partial charge in [0.25, 0.3) is 11.5 Å². The molecule has 1 aromatic carbocycles. The second-order valence-corrected chi connectivity index (χ2v) is 6.46. The lowest BCUT2D eigenvalue weighted by Crippen LogP contribution is -2.32. The largest absolute Gasteiger partial charge is 0.338 e. The number of rotatable bonds is 3. The highest BCUT2D eigenvalue weighted by Crippen LogP contribution is 2.20. The van der Waals surface area contributed by atoms with Crippen molar-refractivity contribution in [2.45, 2.75) is 26.8 Å². The minimum Gasteiger partial charge on any atom is -0.338 e. The summed E-state index contributed by atoms with van der Waals surface area (Å²) in [5.41, 5.74) is 1.81. The van der Waals surface area contributed by atoms with Crippen LogP contribution in [0.5, 0.6) is 0 Å². The van der Waals surface area contributed by atoms with Crippen molar-refractivity contribution in [3.05, 3.63) is 63.1 Å². The lowest BCUT2D eigenvalue weighted by Gasteiger charge is -2.17. The van der Waals surface area contributed by atoms with Gasteiger partial charge < -0.3 is 4.90 Å². The average Bonchev–Trinajstić information content (AvgIpc) is 3.09. The summed E-state index contributed by atoms with van der Waals surface area (Å²) in [6, 6.07) is 11.2. The lowest BCUT2D eigenvalue weighted by atomic mass is 10.1. The van der Waals surface area contributed by atoms with Gasteiger partial charge in [-0.1, -0.05) is 18.2 Å². The molecule has 0 saturated carbocycles. The van der Waals surface area contributed by atoms with E-state index >= 15 is 0 Å². The Labute approximate surface area is 146 Å². The van der Waals surface area contributed by atoms with Crippen LogP contribution in [0.15, 0.2) is 35.1 Å². The molecule has 0 N–H and O–H groups in total. The van der Waals surface area contributed by atoms with Crippen molar-refractivity contribution >= 4 is 5.91 Å². The number of hydrogen-bond acceptors (Lipinski definition) is 4. The lowest BCUT2D eigenvalue weighted by molar-refractivity contribution is 0.0785. The van der Waals surface area contributed by atoms with E-state index in [-0.39, 0.29) is 22.9 Å². The van der Waals surface area contributed by atoms with Gasteiger partial charge in [-0.15, -0.1) is 0 Å². The Bertz CT molecular complexity index is 896. The topological polar surface area (TPSA) is 79.0 Å². The predicted molar refractivity (Wildman–Crippen MR) is 93.1 cm³/mol. The van der Waals surface area contributed by atoms with E-state index in [4.69, 9.17) is 0 Å². The molecule has 0 bridgehead atoms. The number of likely N-dealkylation sites (tertiary alicyclic amines) is 1. The van der Waals surface area contributed by atoms with Gasteiger partial charge in [0.15, 0.2) is 0 Å². The zero-order chi connectivity index (χ0) is 18.0.